The smallest absolute Gasteiger partial charge is 0.284 e. The van der Waals surface area contributed by atoms with Gasteiger partial charge < -0.3 is 4.74 Å². The number of rotatable bonds is 2. The number of ether oxygens (including phenoxy) is 1. The molecule has 1 saturated heterocycles. The first-order valence-electron chi connectivity index (χ1n) is 4.99. The van der Waals surface area contributed by atoms with Gasteiger partial charge in [-0.05, 0) is 22.6 Å². The van der Waals surface area contributed by atoms with E-state index in [-0.39, 0.29) is 5.91 Å². The van der Waals surface area contributed by atoms with E-state index in [4.69, 9.17) is 4.74 Å². The molecule has 1 amide bonds. The third-order valence-corrected chi connectivity index (χ3v) is 3.17. The summed E-state index contributed by atoms with van der Waals surface area (Å²) in [5, 5.41) is 5.91. The number of nitrogens with zero attached hydrogens (tertiary/aromatic N) is 3. The van der Waals surface area contributed by atoms with Crippen molar-refractivity contribution in [2.45, 2.75) is 0 Å². The Morgan fingerprint density at radius 3 is 2.81 bits per heavy atom. The topological polar surface area (TPSA) is 59.4 Å². The van der Waals surface area contributed by atoms with Gasteiger partial charge in [-0.25, -0.2) is 5.01 Å². The van der Waals surface area contributed by atoms with E-state index in [1.54, 1.807) is 17.9 Å². The van der Waals surface area contributed by atoms with Gasteiger partial charge in [-0.15, -0.1) is 0 Å². The monoisotopic (exact) mass is 336 g/mol. The summed E-state index contributed by atoms with van der Waals surface area (Å²) in [6.07, 6.45) is 1.68. The lowest BCUT2D eigenvalue weighted by atomic mass is 10.4. The predicted octanol–water partition coefficient (Wildman–Crippen LogP) is 0.00170. The molecule has 0 spiro atoms. The lowest BCUT2D eigenvalue weighted by Crippen LogP contribution is -2.48. The van der Waals surface area contributed by atoms with Crippen molar-refractivity contribution in [2.75, 3.05) is 26.3 Å². The fraction of sp³-hybridized carbons (Fsp3) is 0.556. The third kappa shape index (κ3) is 2.53. The van der Waals surface area contributed by atoms with Crippen LogP contribution in [-0.2, 0) is 11.8 Å². The molecule has 0 unspecified atom stereocenters. The second kappa shape index (κ2) is 5.11. The number of nitrogens with one attached hydrogen (secondary N) is 1. The molecule has 0 saturated carbocycles. The molecule has 0 aliphatic carbocycles. The van der Waals surface area contributed by atoms with Crippen LogP contribution in [0.2, 0.25) is 0 Å². The Morgan fingerprint density at radius 1 is 1.56 bits per heavy atom. The van der Waals surface area contributed by atoms with Crippen molar-refractivity contribution in [1.82, 2.24) is 20.2 Å². The number of hydrogen-bond donors (Lipinski definition) is 1. The molecule has 1 fully saturated rings. The summed E-state index contributed by atoms with van der Waals surface area (Å²) in [7, 11) is 1.76. The van der Waals surface area contributed by atoms with E-state index in [1.165, 1.54) is 0 Å². The number of amides is 1. The maximum Gasteiger partial charge on any atom is 0.284 e. The molecular formula is C9H13IN4O2. The van der Waals surface area contributed by atoms with Crippen molar-refractivity contribution in [3.63, 3.8) is 0 Å². The van der Waals surface area contributed by atoms with Crippen molar-refractivity contribution in [3.8, 4) is 0 Å². The first-order chi connectivity index (χ1) is 7.68. The highest BCUT2D eigenvalue weighted by atomic mass is 127. The van der Waals surface area contributed by atoms with Crippen LogP contribution in [0.15, 0.2) is 6.20 Å². The molecule has 2 rings (SSSR count). The fourth-order valence-corrected chi connectivity index (χ4v) is 2.26. The lowest BCUT2D eigenvalue weighted by molar-refractivity contribution is 0.0123. The third-order valence-electron chi connectivity index (χ3n) is 2.38. The van der Waals surface area contributed by atoms with E-state index in [2.05, 4.69) is 33.1 Å². The van der Waals surface area contributed by atoms with Gasteiger partial charge in [0.05, 0.1) is 23.0 Å². The molecule has 1 N–H and O–H groups in total. The number of aromatic nitrogens is 2. The largest absolute Gasteiger partial charge is 0.379 e. The molecule has 16 heavy (non-hydrogen) atoms. The van der Waals surface area contributed by atoms with Crippen molar-refractivity contribution >= 4 is 28.5 Å². The number of carbonyl (C=O) groups is 1. The summed E-state index contributed by atoms with van der Waals surface area (Å²) in [5.41, 5.74) is 3.44. The Labute approximate surface area is 107 Å². The van der Waals surface area contributed by atoms with E-state index < -0.39 is 0 Å². The molecule has 1 aliphatic rings. The van der Waals surface area contributed by atoms with Gasteiger partial charge in [0.25, 0.3) is 5.91 Å². The number of hydrogen-bond acceptors (Lipinski definition) is 4. The van der Waals surface area contributed by atoms with Gasteiger partial charge in [-0.3, -0.25) is 14.9 Å². The predicted molar refractivity (Wildman–Crippen MR) is 65.8 cm³/mol. The number of carbonyl (C=O) groups excluding carboxylic acids is 1. The van der Waals surface area contributed by atoms with E-state index in [1.807, 2.05) is 5.01 Å². The lowest BCUT2D eigenvalue weighted by Gasteiger charge is -2.26. The Kier molecular flexibility index (Phi) is 3.77. The van der Waals surface area contributed by atoms with E-state index in [0.29, 0.717) is 18.9 Å². The molecule has 6 nitrogen and oxygen atoms in total. The highest BCUT2D eigenvalue weighted by Gasteiger charge is 2.19. The molecule has 0 bridgehead atoms. The zero-order valence-electron chi connectivity index (χ0n) is 8.94. The summed E-state index contributed by atoms with van der Waals surface area (Å²) in [5.74, 6) is -0.119. The molecule has 7 heteroatoms. The molecule has 0 aromatic carbocycles. The first-order valence-corrected chi connectivity index (χ1v) is 6.07. The summed E-state index contributed by atoms with van der Waals surface area (Å²) in [4.78, 5) is 12.0. The van der Waals surface area contributed by atoms with Crippen molar-refractivity contribution in [1.29, 1.82) is 0 Å². The van der Waals surface area contributed by atoms with Gasteiger partial charge in [-0.2, -0.15) is 5.10 Å². The highest BCUT2D eigenvalue weighted by Crippen LogP contribution is 2.10. The second-order valence-electron chi connectivity index (χ2n) is 3.51. The molecule has 2 heterocycles. The van der Waals surface area contributed by atoms with Gasteiger partial charge in [0.2, 0.25) is 0 Å². The Morgan fingerprint density at radius 2 is 2.25 bits per heavy atom. The second-order valence-corrected chi connectivity index (χ2v) is 4.67. The molecule has 1 aliphatic heterocycles. The Hall–Kier alpha value is -0.670. The summed E-state index contributed by atoms with van der Waals surface area (Å²) < 4.78 is 7.64. The minimum Gasteiger partial charge on any atom is -0.379 e. The average Bonchev–Trinajstić information content (AvgIpc) is 2.60. The number of morpholine rings is 1. The van der Waals surface area contributed by atoms with Crippen LogP contribution in [-0.4, -0.2) is 47.0 Å². The van der Waals surface area contributed by atoms with Crippen LogP contribution >= 0.6 is 22.6 Å². The quantitative estimate of drug-likeness (QED) is 0.773. The maximum atomic E-state index is 12.0. The Bertz CT molecular complexity index is 367. The number of hydrazine groups is 1. The number of halogens is 1. The average molecular weight is 336 g/mol. The molecular weight excluding hydrogens is 323 g/mol. The fourth-order valence-electron chi connectivity index (χ4n) is 1.54. The zero-order chi connectivity index (χ0) is 11.5. The van der Waals surface area contributed by atoms with Crippen LogP contribution < -0.4 is 5.43 Å². The van der Waals surface area contributed by atoms with Crippen LogP contribution in [0.4, 0.5) is 0 Å². The van der Waals surface area contributed by atoms with Gasteiger partial charge in [-0.1, -0.05) is 0 Å². The van der Waals surface area contributed by atoms with Crippen molar-refractivity contribution < 1.29 is 9.53 Å². The highest BCUT2D eigenvalue weighted by molar-refractivity contribution is 14.1. The van der Waals surface area contributed by atoms with Gasteiger partial charge in [0.15, 0.2) is 0 Å². The zero-order valence-corrected chi connectivity index (χ0v) is 11.1. The summed E-state index contributed by atoms with van der Waals surface area (Å²) >= 11 is 2.10. The Balaban J connectivity index is 2.02. The molecule has 88 valence electrons. The van der Waals surface area contributed by atoms with E-state index in [0.717, 1.165) is 16.7 Å². The minimum atomic E-state index is -0.119. The van der Waals surface area contributed by atoms with Crippen LogP contribution in [0.1, 0.15) is 10.5 Å². The van der Waals surface area contributed by atoms with Crippen LogP contribution in [0.25, 0.3) is 0 Å². The van der Waals surface area contributed by atoms with E-state index in [9.17, 15) is 4.79 Å². The molecule has 0 radical (unpaired) electrons. The first kappa shape index (κ1) is 11.8. The molecule has 1 aromatic heterocycles. The van der Waals surface area contributed by atoms with Gasteiger partial charge >= 0.3 is 0 Å². The van der Waals surface area contributed by atoms with Crippen LogP contribution in [0, 0.1) is 3.57 Å². The summed E-state index contributed by atoms with van der Waals surface area (Å²) in [6, 6.07) is 0. The van der Waals surface area contributed by atoms with Crippen LogP contribution in [0.3, 0.4) is 0 Å². The number of aryl methyl sites for hydroxylation is 1. The molecule has 0 atom stereocenters. The summed E-state index contributed by atoms with van der Waals surface area (Å²) in [6.45, 7) is 2.76. The van der Waals surface area contributed by atoms with Crippen LogP contribution in [0.5, 0.6) is 0 Å². The van der Waals surface area contributed by atoms with Crippen molar-refractivity contribution in [2.24, 2.45) is 7.05 Å². The maximum absolute atomic E-state index is 12.0. The minimum absolute atomic E-state index is 0.119. The normalized spacial score (nSPS) is 17.4. The SMILES string of the molecule is Cn1ncc(I)c1C(=O)NN1CCOCC1. The van der Waals surface area contributed by atoms with Gasteiger partial charge in [0, 0.05) is 20.1 Å². The van der Waals surface area contributed by atoms with E-state index >= 15 is 0 Å². The molecule has 1 aromatic rings. The standard InChI is InChI=1S/C9H13IN4O2/c1-13-8(7(10)6-11-13)9(15)12-14-2-4-16-5-3-14/h6H,2-5H2,1H3,(H,12,15). The van der Waals surface area contributed by atoms with Crippen molar-refractivity contribution in [3.05, 3.63) is 15.5 Å². The van der Waals surface area contributed by atoms with Gasteiger partial charge in [0.1, 0.15) is 5.69 Å².